The second kappa shape index (κ2) is 6.84. The highest BCUT2D eigenvalue weighted by molar-refractivity contribution is 5.94. The number of fused-ring (bicyclic) bond motifs is 1. The van der Waals surface area contributed by atoms with E-state index < -0.39 is 5.91 Å². The first-order valence-corrected chi connectivity index (χ1v) is 8.00. The van der Waals surface area contributed by atoms with E-state index in [0.29, 0.717) is 30.6 Å². The molecular weight excluding hydrogens is 304 g/mol. The van der Waals surface area contributed by atoms with Crippen LogP contribution in [0.5, 0.6) is 0 Å². The van der Waals surface area contributed by atoms with Crippen LogP contribution < -0.4 is 5.48 Å². The smallest absolute Gasteiger partial charge is 0.274 e. The Bertz CT molecular complexity index is 769. The van der Waals surface area contributed by atoms with Crippen LogP contribution in [0.1, 0.15) is 37.4 Å². The average molecular weight is 324 g/mol. The second-order valence-electron chi connectivity index (χ2n) is 6.08. The minimum atomic E-state index is -0.519. The summed E-state index contributed by atoms with van der Waals surface area (Å²) in [6.45, 7) is 3.27. The lowest BCUT2D eigenvalue weighted by molar-refractivity contribution is 0.0705. The van der Waals surface area contributed by atoms with Crippen LogP contribution >= 0.6 is 0 Å². The molecule has 2 amide bonds. The zero-order valence-corrected chi connectivity index (χ0v) is 13.6. The Morgan fingerprint density at radius 1 is 0.958 bits per heavy atom. The molecule has 2 aromatic carbocycles. The molecule has 0 spiro atoms. The maximum atomic E-state index is 12.7. The highest BCUT2D eigenvalue weighted by Crippen LogP contribution is 2.19. The normalized spacial score (nSPS) is 13.8. The quantitative estimate of drug-likeness (QED) is 0.658. The number of nitrogens with zero attached hydrogens (tertiary/aromatic N) is 1. The first-order valence-electron chi connectivity index (χ1n) is 8.00. The predicted molar refractivity (Wildman–Crippen MR) is 90.2 cm³/mol. The zero-order chi connectivity index (χ0) is 17.1. The molecule has 5 heteroatoms. The van der Waals surface area contributed by atoms with Crippen molar-refractivity contribution in [1.29, 1.82) is 0 Å². The van der Waals surface area contributed by atoms with Gasteiger partial charge in [-0.1, -0.05) is 23.8 Å². The number of nitrogens with one attached hydrogen (secondary N) is 1. The SMILES string of the molecule is Cc1ccc(C(=O)N2CCc3ccc(C(=O)NO)cc3CC2)cc1. The molecule has 0 bridgehead atoms. The number of benzene rings is 2. The molecule has 0 aliphatic carbocycles. The summed E-state index contributed by atoms with van der Waals surface area (Å²) >= 11 is 0. The molecule has 0 radical (unpaired) electrons. The van der Waals surface area contributed by atoms with Gasteiger partial charge < -0.3 is 4.90 Å². The van der Waals surface area contributed by atoms with E-state index in [1.54, 1.807) is 17.6 Å². The van der Waals surface area contributed by atoms with Crippen LogP contribution in [0.2, 0.25) is 0 Å². The highest BCUT2D eigenvalue weighted by atomic mass is 16.5. The molecule has 1 aliphatic rings. The summed E-state index contributed by atoms with van der Waals surface area (Å²) in [5.74, 6) is -0.481. The topological polar surface area (TPSA) is 69.6 Å². The van der Waals surface area contributed by atoms with Crippen molar-refractivity contribution < 1.29 is 14.8 Å². The fourth-order valence-corrected chi connectivity index (χ4v) is 3.01. The van der Waals surface area contributed by atoms with E-state index in [-0.39, 0.29) is 5.91 Å². The molecule has 1 heterocycles. The maximum Gasteiger partial charge on any atom is 0.274 e. The van der Waals surface area contributed by atoms with Crippen LogP contribution in [0.3, 0.4) is 0 Å². The number of carbonyl (C=O) groups is 2. The second-order valence-corrected chi connectivity index (χ2v) is 6.08. The Kier molecular flexibility index (Phi) is 4.62. The summed E-state index contributed by atoms with van der Waals surface area (Å²) < 4.78 is 0. The maximum absolute atomic E-state index is 12.7. The Morgan fingerprint density at radius 3 is 2.25 bits per heavy atom. The number of hydroxylamine groups is 1. The van der Waals surface area contributed by atoms with E-state index in [4.69, 9.17) is 5.21 Å². The van der Waals surface area contributed by atoms with Crippen molar-refractivity contribution in [2.24, 2.45) is 0 Å². The van der Waals surface area contributed by atoms with Crippen molar-refractivity contribution in [3.05, 3.63) is 70.3 Å². The predicted octanol–water partition coefficient (Wildman–Crippen LogP) is 2.36. The van der Waals surface area contributed by atoms with Crippen LogP contribution in [-0.4, -0.2) is 35.0 Å². The number of aryl methyl sites for hydroxylation is 1. The molecule has 24 heavy (non-hydrogen) atoms. The van der Waals surface area contributed by atoms with Gasteiger partial charge in [-0.2, -0.15) is 0 Å². The minimum absolute atomic E-state index is 0.0381. The Morgan fingerprint density at radius 2 is 1.58 bits per heavy atom. The lowest BCUT2D eigenvalue weighted by Crippen LogP contribution is -2.33. The van der Waals surface area contributed by atoms with Gasteiger partial charge in [-0.25, -0.2) is 5.48 Å². The largest absolute Gasteiger partial charge is 0.338 e. The van der Waals surface area contributed by atoms with Crippen molar-refractivity contribution in [3.8, 4) is 0 Å². The fraction of sp³-hybridized carbons (Fsp3) is 0.263. The number of amides is 2. The number of carbonyl (C=O) groups excluding carboxylic acids is 2. The van der Waals surface area contributed by atoms with Gasteiger partial charge in [0.1, 0.15) is 0 Å². The molecule has 1 aliphatic heterocycles. The Labute approximate surface area is 140 Å². The van der Waals surface area contributed by atoms with Gasteiger partial charge in [0.05, 0.1) is 0 Å². The average Bonchev–Trinajstić information content (AvgIpc) is 2.83. The number of hydrogen-bond donors (Lipinski definition) is 2. The molecule has 0 saturated heterocycles. The molecule has 0 aromatic heterocycles. The van der Waals surface area contributed by atoms with Gasteiger partial charge in [0.2, 0.25) is 0 Å². The van der Waals surface area contributed by atoms with Crippen LogP contribution in [0.15, 0.2) is 42.5 Å². The summed E-state index contributed by atoms with van der Waals surface area (Å²) in [6, 6.07) is 13.0. The van der Waals surface area contributed by atoms with Crippen LogP contribution in [0.25, 0.3) is 0 Å². The monoisotopic (exact) mass is 324 g/mol. The third-order valence-corrected chi connectivity index (χ3v) is 4.46. The Balaban J connectivity index is 1.76. The number of hydrogen-bond acceptors (Lipinski definition) is 3. The third-order valence-electron chi connectivity index (χ3n) is 4.46. The molecule has 5 nitrogen and oxygen atoms in total. The lowest BCUT2D eigenvalue weighted by atomic mass is 10.00. The molecule has 0 saturated carbocycles. The first-order chi connectivity index (χ1) is 11.6. The molecule has 3 rings (SSSR count). The molecule has 2 aromatic rings. The zero-order valence-electron chi connectivity index (χ0n) is 13.6. The van der Waals surface area contributed by atoms with E-state index in [0.717, 1.165) is 23.1 Å². The number of rotatable bonds is 2. The molecule has 0 unspecified atom stereocenters. The summed E-state index contributed by atoms with van der Waals surface area (Å²) in [6.07, 6.45) is 1.45. The van der Waals surface area contributed by atoms with E-state index in [1.807, 2.05) is 42.2 Å². The van der Waals surface area contributed by atoms with Gasteiger partial charge in [-0.05, 0) is 55.2 Å². The van der Waals surface area contributed by atoms with Crippen LogP contribution in [-0.2, 0) is 12.8 Å². The molecule has 0 fully saturated rings. The van der Waals surface area contributed by atoms with Gasteiger partial charge in [-0.15, -0.1) is 0 Å². The minimum Gasteiger partial charge on any atom is -0.338 e. The first kappa shape index (κ1) is 16.2. The molecule has 0 atom stereocenters. The highest BCUT2D eigenvalue weighted by Gasteiger charge is 2.20. The van der Waals surface area contributed by atoms with Gasteiger partial charge in [-0.3, -0.25) is 14.8 Å². The van der Waals surface area contributed by atoms with Gasteiger partial charge in [0, 0.05) is 24.2 Å². The summed E-state index contributed by atoms with van der Waals surface area (Å²) in [7, 11) is 0. The van der Waals surface area contributed by atoms with Crippen LogP contribution in [0.4, 0.5) is 0 Å². The fourth-order valence-electron chi connectivity index (χ4n) is 3.01. The van der Waals surface area contributed by atoms with Crippen molar-refractivity contribution in [3.63, 3.8) is 0 Å². The molecule has 124 valence electrons. The summed E-state index contributed by atoms with van der Waals surface area (Å²) in [4.78, 5) is 26.1. The van der Waals surface area contributed by atoms with Crippen molar-refractivity contribution in [2.45, 2.75) is 19.8 Å². The van der Waals surface area contributed by atoms with Gasteiger partial charge >= 0.3 is 0 Å². The molecular formula is C19H20N2O3. The summed E-state index contributed by atoms with van der Waals surface area (Å²) in [5, 5.41) is 8.76. The molecule has 2 N–H and O–H groups in total. The lowest BCUT2D eigenvalue weighted by Gasteiger charge is -2.20. The standard InChI is InChI=1S/C19H20N2O3/c1-13-2-4-15(5-3-13)19(23)21-10-8-14-6-7-17(18(22)20-24)12-16(14)9-11-21/h2-7,12,24H,8-11H2,1H3,(H,20,22). The van der Waals surface area contributed by atoms with Gasteiger partial charge in [0.15, 0.2) is 0 Å². The van der Waals surface area contributed by atoms with E-state index in [9.17, 15) is 9.59 Å². The van der Waals surface area contributed by atoms with Crippen molar-refractivity contribution in [2.75, 3.05) is 13.1 Å². The van der Waals surface area contributed by atoms with E-state index >= 15 is 0 Å². The van der Waals surface area contributed by atoms with E-state index in [1.165, 1.54) is 0 Å². The van der Waals surface area contributed by atoms with E-state index in [2.05, 4.69) is 0 Å². The van der Waals surface area contributed by atoms with Crippen molar-refractivity contribution >= 4 is 11.8 Å². The Hall–Kier alpha value is -2.66. The van der Waals surface area contributed by atoms with Crippen molar-refractivity contribution in [1.82, 2.24) is 10.4 Å². The van der Waals surface area contributed by atoms with Gasteiger partial charge in [0.25, 0.3) is 11.8 Å². The van der Waals surface area contributed by atoms with Crippen LogP contribution in [0, 0.1) is 6.92 Å². The summed E-state index contributed by atoms with van der Waals surface area (Å²) in [5.41, 5.74) is 6.10. The third kappa shape index (κ3) is 3.31.